The van der Waals surface area contributed by atoms with Gasteiger partial charge in [0.05, 0.1) is 22.5 Å². The smallest absolute Gasteiger partial charge is 0.416 e. The van der Waals surface area contributed by atoms with Gasteiger partial charge in [-0.25, -0.2) is 18.3 Å². The van der Waals surface area contributed by atoms with Gasteiger partial charge in [-0.2, -0.15) is 18.3 Å². The summed E-state index contributed by atoms with van der Waals surface area (Å²) in [5, 5.41) is 16.4. The lowest BCUT2D eigenvalue weighted by Crippen LogP contribution is -2.06. The summed E-state index contributed by atoms with van der Waals surface area (Å²) < 4.78 is 67.8. The molecule has 4 rings (SSSR count). The van der Waals surface area contributed by atoms with E-state index in [0.717, 1.165) is 24.3 Å². The number of rotatable bonds is 6. The Kier molecular flexibility index (Phi) is 6.06. The van der Waals surface area contributed by atoms with Crippen molar-refractivity contribution in [2.45, 2.75) is 12.7 Å². The molecule has 0 bridgehead atoms. The summed E-state index contributed by atoms with van der Waals surface area (Å²) in [5.74, 6) is -3.20. The van der Waals surface area contributed by atoms with Crippen molar-refractivity contribution in [3.63, 3.8) is 0 Å². The molecule has 0 atom stereocenters. The van der Waals surface area contributed by atoms with Crippen LogP contribution in [0.25, 0.3) is 16.9 Å². The fraction of sp³-hybridized carbons (Fsp3) is 0.0833. The van der Waals surface area contributed by atoms with Crippen molar-refractivity contribution >= 4 is 11.7 Å². The van der Waals surface area contributed by atoms with Gasteiger partial charge in [0, 0.05) is 29.6 Å². The number of hydrogen-bond donors (Lipinski definition) is 2. The van der Waals surface area contributed by atoms with Crippen molar-refractivity contribution in [1.82, 2.24) is 9.78 Å². The standard InChI is InChI=1S/C24H16F5N3O2/c25-20-9-6-15(10-21(20)26)22-16(12-30-18-3-1-2-17(11-18)24(27,28)29)13-32(31-22)19-7-4-14(5-8-19)23(33)34/h1-11,13,30H,12H2,(H,33,34). The molecule has 174 valence electrons. The monoisotopic (exact) mass is 473 g/mol. The second-order valence-corrected chi connectivity index (χ2v) is 7.36. The Hall–Kier alpha value is -4.21. The van der Waals surface area contributed by atoms with E-state index < -0.39 is 29.3 Å². The van der Waals surface area contributed by atoms with Crippen LogP contribution < -0.4 is 5.32 Å². The van der Waals surface area contributed by atoms with Gasteiger partial charge in [-0.15, -0.1) is 0 Å². The molecule has 0 aliphatic rings. The first kappa shape index (κ1) is 23.0. The van der Waals surface area contributed by atoms with Crippen LogP contribution in [0.4, 0.5) is 27.6 Å². The fourth-order valence-corrected chi connectivity index (χ4v) is 3.32. The van der Waals surface area contributed by atoms with Crippen LogP contribution in [0.15, 0.2) is 72.9 Å². The van der Waals surface area contributed by atoms with E-state index in [9.17, 15) is 26.7 Å². The Bertz CT molecular complexity index is 1350. The molecule has 3 aromatic carbocycles. The predicted octanol–water partition coefficient (Wildman–Crippen LogP) is 6.15. The van der Waals surface area contributed by atoms with Gasteiger partial charge in [-0.3, -0.25) is 0 Å². The second-order valence-electron chi connectivity index (χ2n) is 7.36. The number of nitrogens with one attached hydrogen (secondary N) is 1. The van der Waals surface area contributed by atoms with Crippen molar-refractivity contribution in [3.8, 4) is 16.9 Å². The number of aromatic carboxylic acids is 1. The SMILES string of the molecule is O=C(O)c1ccc(-n2cc(CNc3cccc(C(F)(F)F)c3)c(-c3ccc(F)c(F)c3)n2)cc1. The lowest BCUT2D eigenvalue weighted by molar-refractivity contribution is -0.137. The van der Waals surface area contributed by atoms with Crippen molar-refractivity contribution in [1.29, 1.82) is 0 Å². The van der Waals surface area contributed by atoms with Gasteiger partial charge >= 0.3 is 12.1 Å². The number of benzene rings is 3. The zero-order valence-corrected chi connectivity index (χ0v) is 17.3. The topological polar surface area (TPSA) is 67.2 Å². The van der Waals surface area contributed by atoms with Crippen molar-refractivity contribution in [2.75, 3.05) is 5.32 Å². The maximum absolute atomic E-state index is 13.9. The van der Waals surface area contributed by atoms with Crippen LogP contribution in [-0.2, 0) is 12.7 Å². The molecule has 2 N–H and O–H groups in total. The first-order valence-corrected chi connectivity index (χ1v) is 9.90. The second kappa shape index (κ2) is 8.97. The summed E-state index contributed by atoms with van der Waals surface area (Å²) in [4.78, 5) is 11.1. The van der Waals surface area contributed by atoms with Crippen LogP contribution in [0.2, 0.25) is 0 Å². The quantitative estimate of drug-likeness (QED) is 0.330. The fourth-order valence-electron chi connectivity index (χ4n) is 3.32. The molecule has 0 saturated carbocycles. The molecule has 4 aromatic rings. The maximum atomic E-state index is 13.9. The average Bonchev–Trinajstić information content (AvgIpc) is 3.23. The molecule has 1 aromatic heterocycles. The summed E-state index contributed by atoms with van der Waals surface area (Å²) in [6.07, 6.45) is -2.92. The van der Waals surface area contributed by atoms with E-state index in [1.54, 1.807) is 6.20 Å². The third-order valence-electron chi connectivity index (χ3n) is 5.03. The number of carboxylic acids is 1. The molecular weight excluding hydrogens is 457 g/mol. The largest absolute Gasteiger partial charge is 0.478 e. The summed E-state index contributed by atoms with van der Waals surface area (Å²) in [5.41, 5.74) is 1.01. The molecule has 0 unspecified atom stereocenters. The lowest BCUT2D eigenvalue weighted by atomic mass is 10.1. The van der Waals surface area contributed by atoms with Crippen LogP contribution in [-0.4, -0.2) is 20.9 Å². The van der Waals surface area contributed by atoms with Gasteiger partial charge in [0.2, 0.25) is 0 Å². The number of carboxylic acid groups (broad SMARTS) is 1. The van der Waals surface area contributed by atoms with Gasteiger partial charge in [0.25, 0.3) is 0 Å². The molecule has 0 spiro atoms. The molecule has 34 heavy (non-hydrogen) atoms. The first-order chi connectivity index (χ1) is 16.1. The van der Waals surface area contributed by atoms with Crippen molar-refractivity contribution < 1.29 is 31.9 Å². The minimum atomic E-state index is -4.50. The van der Waals surface area contributed by atoms with E-state index >= 15 is 0 Å². The minimum absolute atomic E-state index is 0.0306. The number of carbonyl (C=O) groups is 1. The predicted molar refractivity (Wildman–Crippen MR) is 115 cm³/mol. The molecule has 0 fully saturated rings. The Morgan fingerprint density at radius 3 is 2.35 bits per heavy atom. The van der Waals surface area contributed by atoms with E-state index in [4.69, 9.17) is 5.11 Å². The summed E-state index contributed by atoms with van der Waals surface area (Å²) in [6, 6.07) is 13.8. The van der Waals surface area contributed by atoms with Crippen molar-refractivity contribution in [3.05, 3.63) is 101 Å². The first-order valence-electron chi connectivity index (χ1n) is 9.90. The van der Waals surface area contributed by atoms with Crippen LogP contribution in [0, 0.1) is 11.6 Å². The van der Waals surface area contributed by atoms with Crippen LogP contribution in [0.3, 0.4) is 0 Å². The molecule has 0 radical (unpaired) electrons. The average molecular weight is 473 g/mol. The van der Waals surface area contributed by atoms with Gasteiger partial charge < -0.3 is 10.4 Å². The number of hydrogen-bond acceptors (Lipinski definition) is 3. The maximum Gasteiger partial charge on any atom is 0.416 e. The van der Waals surface area contributed by atoms with E-state index in [1.807, 2.05) is 0 Å². The zero-order chi connectivity index (χ0) is 24.5. The molecule has 0 amide bonds. The normalized spacial score (nSPS) is 11.4. The summed E-state index contributed by atoms with van der Waals surface area (Å²) in [6.45, 7) is 0.0306. The highest BCUT2D eigenvalue weighted by atomic mass is 19.4. The van der Waals surface area contributed by atoms with Gasteiger partial charge in [0.1, 0.15) is 0 Å². The van der Waals surface area contributed by atoms with E-state index in [2.05, 4.69) is 10.4 Å². The Labute approximate surface area is 190 Å². The molecule has 5 nitrogen and oxygen atoms in total. The van der Waals surface area contributed by atoms with Crippen molar-refractivity contribution in [2.24, 2.45) is 0 Å². The Balaban J connectivity index is 1.70. The van der Waals surface area contributed by atoms with Gasteiger partial charge in [-0.1, -0.05) is 6.07 Å². The third-order valence-corrected chi connectivity index (χ3v) is 5.03. The number of anilines is 1. The highest BCUT2D eigenvalue weighted by Gasteiger charge is 2.30. The molecule has 0 aliphatic heterocycles. The minimum Gasteiger partial charge on any atom is -0.478 e. The highest BCUT2D eigenvalue weighted by molar-refractivity contribution is 5.87. The van der Waals surface area contributed by atoms with Crippen LogP contribution >= 0.6 is 0 Å². The van der Waals surface area contributed by atoms with Gasteiger partial charge in [0.15, 0.2) is 11.6 Å². The lowest BCUT2D eigenvalue weighted by Gasteiger charge is -2.11. The van der Waals surface area contributed by atoms with E-state index in [0.29, 0.717) is 11.3 Å². The third kappa shape index (κ3) is 4.90. The molecule has 10 heteroatoms. The number of nitrogens with zero attached hydrogens (tertiary/aromatic N) is 2. The molecule has 0 aliphatic carbocycles. The molecule has 0 saturated heterocycles. The Morgan fingerprint density at radius 2 is 1.71 bits per heavy atom. The van der Waals surface area contributed by atoms with Crippen LogP contribution in [0.5, 0.6) is 0 Å². The number of alkyl halides is 3. The van der Waals surface area contributed by atoms with E-state index in [-0.39, 0.29) is 29.1 Å². The zero-order valence-electron chi connectivity index (χ0n) is 17.3. The van der Waals surface area contributed by atoms with Crippen LogP contribution in [0.1, 0.15) is 21.5 Å². The molecular formula is C24H16F5N3O2. The highest BCUT2D eigenvalue weighted by Crippen LogP contribution is 2.31. The number of halogens is 5. The van der Waals surface area contributed by atoms with Gasteiger partial charge in [-0.05, 0) is 60.7 Å². The molecule has 1 heterocycles. The summed E-state index contributed by atoms with van der Waals surface area (Å²) >= 11 is 0. The number of aromatic nitrogens is 2. The summed E-state index contributed by atoms with van der Waals surface area (Å²) in [7, 11) is 0. The Morgan fingerprint density at radius 1 is 0.971 bits per heavy atom. The van der Waals surface area contributed by atoms with E-state index in [1.165, 1.54) is 47.1 Å².